The maximum absolute atomic E-state index is 6.94. The molecule has 4 aromatic rings. The zero-order valence-corrected chi connectivity index (χ0v) is 27.5. The Morgan fingerprint density at radius 2 is 1.40 bits per heavy atom. The first-order chi connectivity index (χ1) is 20.2. The van der Waals surface area contributed by atoms with Crippen LogP contribution in [0.1, 0.15) is 77.6 Å². The molecule has 2 fully saturated rings. The van der Waals surface area contributed by atoms with E-state index in [2.05, 4.69) is 96.4 Å². The molecule has 1 atom stereocenters. The SMILES string of the molecule is CC1(C)OB(c2cc3c4c(c2)O[C@@H](c2ccc(Cl)s2)n2c-4c(c4cc(B5OC(C)(C)C(C)(C)O5)ccc42)CC3)OC1(C)C. The molecule has 0 unspecified atom stereocenters. The summed E-state index contributed by atoms with van der Waals surface area (Å²) in [5.74, 6) is 0.860. The number of rotatable bonds is 3. The van der Waals surface area contributed by atoms with Crippen LogP contribution in [0.25, 0.3) is 22.2 Å². The van der Waals surface area contributed by atoms with Crippen LogP contribution in [0, 0.1) is 0 Å². The minimum atomic E-state index is -0.457. The number of hydrogen-bond acceptors (Lipinski definition) is 6. The van der Waals surface area contributed by atoms with Gasteiger partial charge < -0.3 is 23.4 Å². The normalized spacial score (nSPS) is 24.0. The molecule has 0 radical (unpaired) electrons. The summed E-state index contributed by atoms with van der Waals surface area (Å²) >= 11 is 8.02. The van der Waals surface area contributed by atoms with Crippen LogP contribution >= 0.6 is 22.9 Å². The Bertz CT molecular complexity index is 1790. The van der Waals surface area contributed by atoms with Crippen LogP contribution in [0.5, 0.6) is 5.75 Å². The summed E-state index contributed by atoms with van der Waals surface area (Å²) in [4.78, 5) is 1.05. The molecule has 0 spiro atoms. The predicted molar refractivity (Wildman–Crippen MR) is 174 cm³/mol. The Hall–Kier alpha value is -2.26. The van der Waals surface area contributed by atoms with Gasteiger partial charge in [0.25, 0.3) is 0 Å². The van der Waals surface area contributed by atoms with Crippen molar-refractivity contribution in [2.24, 2.45) is 0 Å². The third-order valence-corrected chi connectivity index (χ3v) is 11.8. The van der Waals surface area contributed by atoms with Gasteiger partial charge in [-0.1, -0.05) is 29.8 Å². The van der Waals surface area contributed by atoms with Crippen LogP contribution in [0.3, 0.4) is 0 Å². The van der Waals surface area contributed by atoms with Gasteiger partial charge in [-0.2, -0.15) is 0 Å². The second-order valence-corrected chi connectivity index (χ2v) is 16.1. The van der Waals surface area contributed by atoms with E-state index in [9.17, 15) is 0 Å². The minimum absolute atomic E-state index is 0.349. The molecule has 0 amide bonds. The molecule has 2 aromatic carbocycles. The molecule has 5 heterocycles. The lowest BCUT2D eigenvalue weighted by Crippen LogP contribution is -2.41. The zero-order chi connectivity index (χ0) is 30.3. The highest BCUT2D eigenvalue weighted by Crippen LogP contribution is 2.51. The molecular formula is C33H36B2ClNO5S. The molecule has 6 nitrogen and oxygen atoms in total. The van der Waals surface area contributed by atoms with Crippen molar-refractivity contribution in [1.82, 2.24) is 4.57 Å². The van der Waals surface area contributed by atoms with E-state index in [-0.39, 0.29) is 6.23 Å². The van der Waals surface area contributed by atoms with Crippen molar-refractivity contribution in [3.8, 4) is 17.0 Å². The highest BCUT2D eigenvalue weighted by atomic mass is 35.5. The van der Waals surface area contributed by atoms with Gasteiger partial charge in [0.15, 0.2) is 0 Å². The molecule has 2 aromatic heterocycles. The average molecular weight is 616 g/mol. The number of halogens is 1. The van der Waals surface area contributed by atoms with Crippen LogP contribution in [-0.2, 0) is 31.5 Å². The van der Waals surface area contributed by atoms with Crippen LogP contribution in [0.15, 0.2) is 42.5 Å². The van der Waals surface area contributed by atoms with Gasteiger partial charge in [0, 0.05) is 10.9 Å². The summed E-state index contributed by atoms with van der Waals surface area (Å²) in [5, 5.41) is 1.21. The van der Waals surface area contributed by atoms with Crippen molar-refractivity contribution in [2.75, 3.05) is 0 Å². The van der Waals surface area contributed by atoms with Crippen LogP contribution in [0.2, 0.25) is 4.34 Å². The van der Waals surface area contributed by atoms with E-state index in [0.29, 0.717) is 0 Å². The van der Waals surface area contributed by atoms with Gasteiger partial charge >= 0.3 is 14.2 Å². The first-order valence-corrected chi connectivity index (χ1v) is 16.3. The lowest BCUT2D eigenvalue weighted by molar-refractivity contribution is 0.00578. The highest BCUT2D eigenvalue weighted by Gasteiger charge is 2.53. The summed E-state index contributed by atoms with van der Waals surface area (Å²) in [6.07, 6.45) is 1.47. The molecule has 0 bridgehead atoms. The number of aromatic nitrogens is 1. The Balaban J connectivity index is 1.30. The molecule has 222 valence electrons. The van der Waals surface area contributed by atoms with E-state index >= 15 is 0 Å². The number of benzene rings is 2. The molecule has 2 saturated heterocycles. The predicted octanol–water partition coefficient (Wildman–Crippen LogP) is 6.66. The number of fused-ring (bicyclic) bond motifs is 3. The number of thiophene rings is 1. The van der Waals surface area contributed by atoms with Crippen molar-refractivity contribution in [2.45, 2.75) is 96.9 Å². The fourth-order valence-electron chi connectivity index (χ4n) is 6.74. The Morgan fingerprint density at radius 3 is 2.00 bits per heavy atom. The van der Waals surface area contributed by atoms with E-state index in [4.69, 9.17) is 35.0 Å². The average Bonchev–Trinajstić information content (AvgIpc) is 3.62. The third-order valence-electron chi connectivity index (χ3n) is 10.6. The lowest BCUT2D eigenvalue weighted by atomic mass is 9.75. The lowest BCUT2D eigenvalue weighted by Gasteiger charge is -2.33. The third kappa shape index (κ3) is 4.01. The summed E-state index contributed by atoms with van der Waals surface area (Å²) in [6, 6.07) is 15.0. The largest absolute Gasteiger partial charge is 0.494 e. The van der Waals surface area contributed by atoms with Gasteiger partial charge in [-0.25, -0.2) is 0 Å². The van der Waals surface area contributed by atoms with Crippen molar-refractivity contribution in [3.63, 3.8) is 0 Å². The van der Waals surface area contributed by atoms with E-state index in [0.717, 1.165) is 49.8 Å². The van der Waals surface area contributed by atoms with Gasteiger partial charge in [-0.15, -0.1) is 11.3 Å². The number of ether oxygens (including phenoxy) is 1. The Morgan fingerprint density at radius 1 is 0.767 bits per heavy atom. The van der Waals surface area contributed by atoms with Gasteiger partial charge in [-0.05, 0) is 115 Å². The van der Waals surface area contributed by atoms with E-state index in [1.807, 2.05) is 6.07 Å². The first kappa shape index (κ1) is 28.2. The molecular weight excluding hydrogens is 580 g/mol. The van der Waals surface area contributed by atoms with Crippen LogP contribution in [-0.4, -0.2) is 41.2 Å². The van der Waals surface area contributed by atoms with Crippen LogP contribution < -0.4 is 15.7 Å². The fourth-order valence-corrected chi connectivity index (χ4v) is 7.82. The van der Waals surface area contributed by atoms with Gasteiger partial charge in [0.05, 0.1) is 42.8 Å². The summed E-state index contributed by atoms with van der Waals surface area (Å²) in [6.45, 7) is 16.7. The maximum atomic E-state index is 6.94. The molecule has 10 heteroatoms. The number of aryl methyl sites for hydroxylation is 2. The molecule has 4 aliphatic rings. The van der Waals surface area contributed by atoms with Gasteiger partial charge in [0.2, 0.25) is 6.23 Å². The summed E-state index contributed by atoms with van der Waals surface area (Å²) in [7, 11) is -0.878. The molecule has 1 aliphatic carbocycles. The summed E-state index contributed by atoms with van der Waals surface area (Å²) in [5.41, 5.74) is 6.49. The molecule has 43 heavy (non-hydrogen) atoms. The topological polar surface area (TPSA) is 51.1 Å². The van der Waals surface area contributed by atoms with Crippen molar-refractivity contribution < 1.29 is 23.4 Å². The fraction of sp³-hybridized carbons (Fsp3) is 0.455. The zero-order valence-electron chi connectivity index (χ0n) is 26.0. The van der Waals surface area contributed by atoms with Gasteiger partial charge in [-0.3, -0.25) is 4.57 Å². The summed E-state index contributed by atoms with van der Waals surface area (Å²) < 4.78 is 35.8. The monoisotopic (exact) mass is 615 g/mol. The quantitative estimate of drug-likeness (QED) is 0.241. The second-order valence-electron chi connectivity index (χ2n) is 14.3. The standard InChI is InChI=1S/C33H36B2ClNO5S/c1-30(2)31(3,4)40-34(39-30)19-10-12-23-22(16-19)21-11-9-18-15-20(35-41-32(5,6)33(7,8)42-35)17-24-27(18)28(21)37(23)29(38-24)25-13-14-26(36)43-25/h10,12-17,29H,9,11H2,1-8H3/t29-/m0/s1. The van der Waals surface area contributed by atoms with E-state index in [1.54, 1.807) is 11.3 Å². The first-order valence-electron chi connectivity index (χ1n) is 15.1. The minimum Gasteiger partial charge on any atom is -0.464 e. The maximum Gasteiger partial charge on any atom is 0.494 e. The highest BCUT2D eigenvalue weighted by molar-refractivity contribution is 7.16. The molecule has 8 rings (SSSR count). The van der Waals surface area contributed by atoms with Crippen molar-refractivity contribution in [3.05, 3.63) is 62.8 Å². The Kier molecular flexibility index (Phi) is 5.86. The van der Waals surface area contributed by atoms with Crippen molar-refractivity contribution in [1.29, 1.82) is 0 Å². The number of nitrogens with zero attached hydrogens (tertiary/aromatic N) is 1. The van der Waals surface area contributed by atoms with Crippen LogP contribution in [0.4, 0.5) is 0 Å². The molecule has 0 N–H and O–H groups in total. The number of hydrogen-bond donors (Lipinski definition) is 0. The second kappa shape index (κ2) is 8.93. The van der Waals surface area contributed by atoms with E-state index in [1.165, 1.54) is 22.2 Å². The molecule has 3 aliphatic heterocycles. The van der Waals surface area contributed by atoms with Gasteiger partial charge in [0.1, 0.15) is 5.75 Å². The smallest absolute Gasteiger partial charge is 0.464 e. The molecule has 0 saturated carbocycles. The Labute approximate surface area is 262 Å². The van der Waals surface area contributed by atoms with Crippen molar-refractivity contribution >= 4 is 59.0 Å². The van der Waals surface area contributed by atoms with E-state index < -0.39 is 36.6 Å².